The summed E-state index contributed by atoms with van der Waals surface area (Å²) in [5.41, 5.74) is 3.58. The largest absolute Gasteiger partial charge is 0.392 e. The van der Waals surface area contributed by atoms with E-state index >= 15 is 0 Å². The first-order chi connectivity index (χ1) is 8.25. The van der Waals surface area contributed by atoms with Crippen LogP contribution in [0.4, 0.5) is 0 Å². The second kappa shape index (κ2) is 5.60. The van der Waals surface area contributed by atoms with Gasteiger partial charge < -0.3 is 5.11 Å². The van der Waals surface area contributed by atoms with Crippen LogP contribution in [0, 0.1) is 6.92 Å². The summed E-state index contributed by atoms with van der Waals surface area (Å²) < 4.78 is 0. The van der Waals surface area contributed by atoms with E-state index in [1.165, 1.54) is 11.1 Å². The van der Waals surface area contributed by atoms with Crippen LogP contribution in [-0.2, 0) is 12.8 Å². The normalized spacial score (nSPS) is 12.4. The zero-order valence-corrected chi connectivity index (χ0v) is 10.0. The molecule has 2 rings (SSSR count). The molecule has 0 bridgehead atoms. The topological polar surface area (TPSA) is 33.1 Å². The van der Waals surface area contributed by atoms with Crippen molar-refractivity contribution in [1.82, 2.24) is 4.98 Å². The maximum absolute atomic E-state index is 10.1. The standard InChI is InChI=1S/C15H17NO/c1-12-4-2-3-5-14(12)11-15(17)10-13-6-8-16-9-7-13/h2-9,15,17H,10-11H2,1H3. The minimum atomic E-state index is -0.335. The molecule has 0 saturated carbocycles. The number of nitrogens with zero attached hydrogens (tertiary/aromatic N) is 1. The fraction of sp³-hybridized carbons (Fsp3) is 0.267. The van der Waals surface area contributed by atoms with Gasteiger partial charge in [0.2, 0.25) is 0 Å². The Morgan fingerprint density at radius 1 is 1.06 bits per heavy atom. The third-order valence-electron chi connectivity index (χ3n) is 2.94. The van der Waals surface area contributed by atoms with Gasteiger partial charge in [0, 0.05) is 12.4 Å². The van der Waals surface area contributed by atoms with E-state index in [0.29, 0.717) is 12.8 Å². The predicted molar refractivity (Wildman–Crippen MR) is 68.8 cm³/mol. The first kappa shape index (κ1) is 11.8. The summed E-state index contributed by atoms with van der Waals surface area (Å²) in [4.78, 5) is 3.97. The van der Waals surface area contributed by atoms with E-state index in [9.17, 15) is 5.11 Å². The minimum Gasteiger partial charge on any atom is -0.392 e. The van der Waals surface area contributed by atoms with E-state index in [1.54, 1.807) is 12.4 Å². The van der Waals surface area contributed by atoms with E-state index in [-0.39, 0.29) is 6.10 Å². The number of aliphatic hydroxyl groups is 1. The molecule has 1 aromatic heterocycles. The molecule has 0 aliphatic carbocycles. The molecule has 1 unspecified atom stereocenters. The number of rotatable bonds is 4. The van der Waals surface area contributed by atoms with Gasteiger partial charge in [0.15, 0.2) is 0 Å². The fourth-order valence-corrected chi connectivity index (χ4v) is 1.96. The Bertz CT molecular complexity index is 467. The van der Waals surface area contributed by atoms with Crippen molar-refractivity contribution in [3.63, 3.8) is 0 Å². The molecule has 0 fully saturated rings. The average molecular weight is 227 g/mol. The lowest BCUT2D eigenvalue weighted by Crippen LogP contribution is -2.14. The van der Waals surface area contributed by atoms with Gasteiger partial charge in [-0.2, -0.15) is 0 Å². The van der Waals surface area contributed by atoms with Crippen LogP contribution in [0.25, 0.3) is 0 Å². The second-order valence-electron chi connectivity index (χ2n) is 4.34. The highest BCUT2D eigenvalue weighted by molar-refractivity contribution is 5.26. The molecule has 1 heterocycles. The summed E-state index contributed by atoms with van der Waals surface area (Å²) >= 11 is 0. The van der Waals surface area contributed by atoms with Gasteiger partial charge in [-0.15, -0.1) is 0 Å². The lowest BCUT2D eigenvalue weighted by atomic mass is 9.99. The quantitative estimate of drug-likeness (QED) is 0.870. The molecule has 1 atom stereocenters. The van der Waals surface area contributed by atoms with E-state index in [0.717, 1.165) is 5.56 Å². The fourth-order valence-electron chi connectivity index (χ4n) is 1.96. The number of benzene rings is 1. The summed E-state index contributed by atoms with van der Waals surface area (Å²) in [5, 5.41) is 10.1. The first-order valence-corrected chi connectivity index (χ1v) is 5.87. The molecule has 0 radical (unpaired) electrons. The molecular formula is C15H17NO. The smallest absolute Gasteiger partial charge is 0.0620 e. The number of aryl methyl sites for hydroxylation is 1. The molecule has 2 nitrogen and oxygen atoms in total. The van der Waals surface area contributed by atoms with Crippen LogP contribution < -0.4 is 0 Å². The van der Waals surface area contributed by atoms with E-state index < -0.39 is 0 Å². The highest BCUT2D eigenvalue weighted by atomic mass is 16.3. The lowest BCUT2D eigenvalue weighted by molar-refractivity contribution is 0.175. The van der Waals surface area contributed by atoms with Crippen LogP contribution in [0.3, 0.4) is 0 Å². The average Bonchev–Trinajstić information content (AvgIpc) is 2.33. The van der Waals surface area contributed by atoms with Crippen molar-refractivity contribution in [2.75, 3.05) is 0 Å². The van der Waals surface area contributed by atoms with Crippen LogP contribution in [0.1, 0.15) is 16.7 Å². The molecule has 0 aliphatic heterocycles. The zero-order chi connectivity index (χ0) is 12.1. The number of hydrogen-bond acceptors (Lipinski definition) is 2. The van der Waals surface area contributed by atoms with Crippen molar-refractivity contribution in [2.24, 2.45) is 0 Å². The predicted octanol–water partition coefficient (Wildman–Crippen LogP) is 2.54. The maximum Gasteiger partial charge on any atom is 0.0620 e. The Labute approximate surface area is 102 Å². The van der Waals surface area contributed by atoms with Crippen LogP contribution in [0.2, 0.25) is 0 Å². The van der Waals surface area contributed by atoms with E-state index in [4.69, 9.17) is 0 Å². The monoisotopic (exact) mass is 227 g/mol. The third-order valence-corrected chi connectivity index (χ3v) is 2.94. The van der Waals surface area contributed by atoms with Gasteiger partial charge in [-0.1, -0.05) is 24.3 Å². The summed E-state index contributed by atoms with van der Waals surface area (Å²) in [7, 11) is 0. The number of aromatic nitrogens is 1. The van der Waals surface area contributed by atoms with E-state index in [2.05, 4.69) is 24.0 Å². The molecule has 0 spiro atoms. The molecule has 0 amide bonds. The van der Waals surface area contributed by atoms with Crippen molar-refractivity contribution < 1.29 is 5.11 Å². The van der Waals surface area contributed by atoms with Crippen molar-refractivity contribution >= 4 is 0 Å². The summed E-state index contributed by atoms with van der Waals surface area (Å²) in [6.45, 7) is 2.08. The van der Waals surface area contributed by atoms with Gasteiger partial charge >= 0.3 is 0 Å². The van der Waals surface area contributed by atoms with E-state index in [1.807, 2.05) is 24.3 Å². The molecule has 88 valence electrons. The van der Waals surface area contributed by atoms with Crippen molar-refractivity contribution in [1.29, 1.82) is 0 Å². The zero-order valence-electron chi connectivity index (χ0n) is 10.0. The van der Waals surface area contributed by atoms with Gasteiger partial charge in [-0.25, -0.2) is 0 Å². The Morgan fingerprint density at radius 2 is 1.76 bits per heavy atom. The number of aliphatic hydroxyl groups excluding tert-OH is 1. The highest BCUT2D eigenvalue weighted by Gasteiger charge is 2.08. The van der Waals surface area contributed by atoms with Crippen molar-refractivity contribution in [3.05, 3.63) is 65.5 Å². The SMILES string of the molecule is Cc1ccccc1CC(O)Cc1ccncc1. The van der Waals surface area contributed by atoms with Gasteiger partial charge in [0.25, 0.3) is 0 Å². The molecule has 0 saturated heterocycles. The Morgan fingerprint density at radius 3 is 2.47 bits per heavy atom. The molecule has 2 aromatic rings. The Kier molecular flexibility index (Phi) is 3.89. The Hall–Kier alpha value is -1.67. The third kappa shape index (κ3) is 3.40. The van der Waals surface area contributed by atoms with Crippen LogP contribution in [0.15, 0.2) is 48.8 Å². The molecule has 17 heavy (non-hydrogen) atoms. The second-order valence-corrected chi connectivity index (χ2v) is 4.34. The summed E-state index contributed by atoms with van der Waals surface area (Å²) in [6, 6.07) is 12.1. The molecule has 1 N–H and O–H groups in total. The Balaban J connectivity index is 1.98. The van der Waals surface area contributed by atoms with Gasteiger partial charge in [-0.05, 0) is 48.6 Å². The van der Waals surface area contributed by atoms with Gasteiger partial charge in [0.05, 0.1) is 6.10 Å². The van der Waals surface area contributed by atoms with Crippen LogP contribution >= 0.6 is 0 Å². The molecule has 1 aromatic carbocycles. The first-order valence-electron chi connectivity index (χ1n) is 5.87. The number of hydrogen-bond donors (Lipinski definition) is 1. The highest BCUT2D eigenvalue weighted by Crippen LogP contribution is 2.12. The molecule has 2 heteroatoms. The minimum absolute atomic E-state index is 0.335. The maximum atomic E-state index is 10.1. The van der Waals surface area contributed by atoms with Gasteiger partial charge in [-0.3, -0.25) is 4.98 Å². The number of pyridine rings is 1. The summed E-state index contributed by atoms with van der Waals surface area (Å²) in [5.74, 6) is 0. The van der Waals surface area contributed by atoms with Crippen molar-refractivity contribution in [3.8, 4) is 0 Å². The summed E-state index contributed by atoms with van der Waals surface area (Å²) in [6.07, 6.45) is 4.57. The lowest BCUT2D eigenvalue weighted by Gasteiger charge is -2.12. The van der Waals surface area contributed by atoms with Crippen LogP contribution in [-0.4, -0.2) is 16.2 Å². The molecular weight excluding hydrogens is 210 g/mol. The molecule has 0 aliphatic rings. The van der Waals surface area contributed by atoms with Gasteiger partial charge in [0.1, 0.15) is 0 Å². The van der Waals surface area contributed by atoms with Crippen molar-refractivity contribution in [2.45, 2.75) is 25.9 Å². The van der Waals surface area contributed by atoms with Crippen LogP contribution in [0.5, 0.6) is 0 Å².